The zero-order chi connectivity index (χ0) is 12.1. The van der Waals surface area contributed by atoms with Crippen LogP contribution in [0, 0.1) is 12.8 Å². The van der Waals surface area contributed by atoms with E-state index >= 15 is 0 Å². The summed E-state index contributed by atoms with van der Waals surface area (Å²) in [5, 5.41) is 0. The molecule has 1 aliphatic rings. The zero-order valence-corrected chi connectivity index (χ0v) is 11.2. The monoisotopic (exact) mass is 255 g/mol. The first kappa shape index (κ1) is 13.0. The van der Waals surface area contributed by atoms with Gasteiger partial charge in [0.05, 0.1) is 6.61 Å². The summed E-state index contributed by atoms with van der Waals surface area (Å²) in [5.74, 6) is 0.638. The van der Waals surface area contributed by atoms with Crippen molar-refractivity contribution in [2.75, 3.05) is 26.4 Å². The van der Waals surface area contributed by atoms with Crippen LogP contribution in [-0.4, -0.2) is 26.4 Å². The molecule has 2 heterocycles. The number of hydrogen-bond acceptors (Lipinski definition) is 4. The first-order valence-electron chi connectivity index (χ1n) is 6.25. The first-order valence-corrected chi connectivity index (χ1v) is 7.07. The molecule has 4 heteroatoms. The maximum atomic E-state index is 5.96. The van der Waals surface area contributed by atoms with Crippen molar-refractivity contribution in [1.82, 2.24) is 0 Å². The standard InChI is InChI=1S/C13H21NO2S/c1-10-2-3-13(17-10)12(8-14)16-9-11-4-6-15-7-5-11/h2-3,11-12H,4-9,14H2,1H3. The van der Waals surface area contributed by atoms with Gasteiger partial charge in [-0.25, -0.2) is 0 Å². The van der Waals surface area contributed by atoms with Crippen LogP contribution in [-0.2, 0) is 9.47 Å². The summed E-state index contributed by atoms with van der Waals surface area (Å²) < 4.78 is 11.3. The molecule has 0 radical (unpaired) electrons. The molecule has 1 aliphatic heterocycles. The molecule has 0 amide bonds. The van der Waals surface area contributed by atoms with Crippen LogP contribution in [0.2, 0.25) is 0 Å². The van der Waals surface area contributed by atoms with Crippen molar-refractivity contribution in [3.05, 3.63) is 21.9 Å². The van der Waals surface area contributed by atoms with Crippen molar-refractivity contribution in [1.29, 1.82) is 0 Å². The maximum absolute atomic E-state index is 5.96. The molecule has 96 valence electrons. The van der Waals surface area contributed by atoms with E-state index < -0.39 is 0 Å². The number of rotatable bonds is 5. The smallest absolute Gasteiger partial charge is 0.104 e. The average molecular weight is 255 g/mol. The Labute approximate surface area is 107 Å². The Morgan fingerprint density at radius 1 is 1.47 bits per heavy atom. The van der Waals surface area contributed by atoms with Gasteiger partial charge in [-0.15, -0.1) is 11.3 Å². The van der Waals surface area contributed by atoms with E-state index in [0.29, 0.717) is 12.5 Å². The van der Waals surface area contributed by atoms with Gasteiger partial charge in [0.2, 0.25) is 0 Å². The molecule has 0 saturated carbocycles. The second-order valence-electron chi connectivity index (χ2n) is 4.56. The van der Waals surface area contributed by atoms with Gasteiger partial charge in [0, 0.05) is 29.5 Å². The Bertz CT molecular complexity index is 334. The van der Waals surface area contributed by atoms with Crippen molar-refractivity contribution in [3.8, 4) is 0 Å². The lowest BCUT2D eigenvalue weighted by Crippen LogP contribution is -2.23. The van der Waals surface area contributed by atoms with Crippen LogP contribution in [0.5, 0.6) is 0 Å². The number of aryl methyl sites for hydroxylation is 1. The highest BCUT2D eigenvalue weighted by molar-refractivity contribution is 7.12. The third-order valence-corrected chi connectivity index (χ3v) is 4.26. The van der Waals surface area contributed by atoms with Crippen molar-refractivity contribution in [2.45, 2.75) is 25.9 Å². The SMILES string of the molecule is Cc1ccc(C(CN)OCC2CCOCC2)s1. The Morgan fingerprint density at radius 2 is 2.24 bits per heavy atom. The molecular weight excluding hydrogens is 234 g/mol. The van der Waals surface area contributed by atoms with Crippen LogP contribution in [0.25, 0.3) is 0 Å². The van der Waals surface area contributed by atoms with E-state index in [2.05, 4.69) is 19.1 Å². The summed E-state index contributed by atoms with van der Waals surface area (Å²) in [6.07, 6.45) is 2.29. The highest BCUT2D eigenvalue weighted by Crippen LogP contribution is 2.26. The van der Waals surface area contributed by atoms with Crippen molar-refractivity contribution >= 4 is 11.3 Å². The van der Waals surface area contributed by atoms with E-state index in [1.165, 1.54) is 9.75 Å². The highest BCUT2D eigenvalue weighted by Gasteiger charge is 2.18. The van der Waals surface area contributed by atoms with Gasteiger partial charge >= 0.3 is 0 Å². The zero-order valence-electron chi connectivity index (χ0n) is 10.4. The third kappa shape index (κ3) is 3.78. The average Bonchev–Trinajstić information content (AvgIpc) is 2.78. The fraction of sp³-hybridized carbons (Fsp3) is 0.692. The van der Waals surface area contributed by atoms with Gasteiger partial charge in [-0.3, -0.25) is 0 Å². The van der Waals surface area contributed by atoms with Crippen molar-refractivity contribution in [2.24, 2.45) is 11.7 Å². The summed E-state index contributed by atoms with van der Waals surface area (Å²) >= 11 is 1.78. The molecule has 3 nitrogen and oxygen atoms in total. The summed E-state index contributed by atoms with van der Waals surface area (Å²) in [7, 11) is 0. The second-order valence-corrected chi connectivity index (χ2v) is 5.88. The van der Waals surface area contributed by atoms with E-state index in [1.54, 1.807) is 11.3 Å². The van der Waals surface area contributed by atoms with Gasteiger partial charge in [-0.2, -0.15) is 0 Å². The van der Waals surface area contributed by atoms with Gasteiger partial charge in [0.25, 0.3) is 0 Å². The van der Waals surface area contributed by atoms with Gasteiger partial charge in [-0.1, -0.05) is 0 Å². The van der Waals surface area contributed by atoms with Crippen LogP contribution in [0.15, 0.2) is 12.1 Å². The summed E-state index contributed by atoms with van der Waals surface area (Å²) in [6.45, 7) is 5.23. The molecule has 2 N–H and O–H groups in total. The lowest BCUT2D eigenvalue weighted by molar-refractivity contribution is -0.00761. The number of ether oxygens (including phenoxy) is 2. The molecule has 1 aromatic heterocycles. The predicted octanol–water partition coefficient (Wildman–Crippen LogP) is 2.50. The Balaban J connectivity index is 1.82. The predicted molar refractivity (Wildman–Crippen MR) is 70.3 cm³/mol. The van der Waals surface area contributed by atoms with Gasteiger partial charge in [0.1, 0.15) is 6.10 Å². The molecule has 0 bridgehead atoms. The highest BCUT2D eigenvalue weighted by atomic mass is 32.1. The molecule has 17 heavy (non-hydrogen) atoms. The largest absolute Gasteiger partial charge is 0.381 e. The minimum Gasteiger partial charge on any atom is -0.381 e. The lowest BCUT2D eigenvalue weighted by atomic mass is 10.0. The molecule has 2 rings (SSSR count). The lowest BCUT2D eigenvalue weighted by Gasteiger charge is -2.24. The fourth-order valence-corrected chi connectivity index (χ4v) is 3.00. The van der Waals surface area contributed by atoms with Gasteiger partial charge < -0.3 is 15.2 Å². The molecule has 1 fully saturated rings. The third-order valence-electron chi connectivity index (χ3n) is 3.17. The molecule has 0 aromatic carbocycles. The summed E-state index contributed by atoms with van der Waals surface area (Å²) in [4.78, 5) is 2.56. The molecule has 0 spiro atoms. The Hall–Kier alpha value is -0.420. The van der Waals surface area contributed by atoms with Crippen LogP contribution in [0.1, 0.15) is 28.7 Å². The number of hydrogen-bond donors (Lipinski definition) is 1. The van der Waals surface area contributed by atoms with Crippen LogP contribution in [0.4, 0.5) is 0 Å². The molecular formula is C13H21NO2S. The summed E-state index contributed by atoms with van der Waals surface area (Å²) in [6, 6.07) is 4.25. The van der Waals surface area contributed by atoms with E-state index in [0.717, 1.165) is 32.7 Å². The van der Waals surface area contributed by atoms with Crippen molar-refractivity contribution < 1.29 is 9.47 Å². The fourth-order valence-electron chi connectivity index (χ4n) is 2.06. The molecule has 1 atom stereocenters. The number of thiophene rings is 1. The first-order chi connectivity index (χ1) is 8.29. The van der Waals surface area contributed by atoms with Gasteiger partial charge in [0.15, 0.2) is 0 Å². The normalized spacial score (nSPS) is 19.4. The van der Waals surface area contributed by atoms with E-state index in [9.17, 15) is 0 Å². The minimum absolute atomic E-state index is 0.0662. The topological polar surface area (TPSA) is 44.5 Å². The molecule has 0 aliphatic carbocycles. The van der Waals surface area contributed by atoms with Crippen LogP contribution < -0.4 is 5.73 Å². The van der Waals surface area contributed by atoms with E-state index in [-0.39, 0.29) is 6.10 Å². The molecule has 1 aromatic rings. The summed E-state index contributed by atoms with van der Waals surface area (Å²) in [5.41, 5.74) is 5.79. The van der Waals surface area contributed by atoms with Crippen LogP contribution in [0.3, 0.4) is 0 Å². The molecule has 1 saturated heterocycles. The second kappa shape index (κ2) is 6.50. The van der Waals surface area contributed by atoms with Crippen LogP contribution >= 0.6 is 11.3 Å². The van der Waals surface area contributed by atoms with E-state index in [4.69, 9.17) is 15.2 Å². The molecule has 1 unspecified atom stereocenters. The maximum Gasteiger partial charge on any atom is 0.104 e. The Morgan fingerprint density at radius 3 is 2.82 bits per heavy atom. The minimum atomic E-state index is 0.0662. The van der Waals surface area contributed by atoms with E-state index in [1.807, 2.05) is 0 Å². The van der Waals surface area contributed by atoms with Crippen molar-refractivity contribution in [3.63, 3.8) is 0 Å². The van der Waals surface area contributed by atoms with Gasteiger partial charge in [-0.05, 0) is 37.8 Å². The number of nitrogens with two attached hydrogens (primary N) is 1. The Kier molecular flexibility index (Phi) is 4.98. The quantitative estimate of drug-likeness (QED) is 0.879.